The Morgan fingerprint density at radius 2 is 1.68 bits per heavy atom. The minimum atomic E-state index is -1.12. The van der Waals surface area contributed by atoms with Crippen LogP contribution in [0.3, 0.4) is 0 Å². The number of hydrogen-bond acceptors (Lipinski definition) is 3. The van der Waals surface area contributed by atoms with Crippen LogP contribution in [0, 0.1) is 12.3 Å². The summed E-state index contributed by atoms with van der Waals surface area (Å²) >= 11 is 0. The molecule has 0 heterocycles. The molecule has 0 aliphatic heterocycles. The van der Waals surface area contributed by atoms with E-state index in [-0.39, 0.29) is 18.2 Å². The van der Waals surface area contributed by atoms with E-state index in [0.29, 0.717) is 24.1 Å². The molecule has 6 nitrogen and oxygen atoms in total. The SMILES string of the molecule is Cc1cc(NC(=O)CC2(C(=O)O)Cc3ccccc3C2)ccc1C(=O)N(C)C. The van der Waals surface area contributed by atoms with Gasteiger partial charge in [-0.2, -0.15) is 0 Å². The van der Waals surface area contributed by atoms with Crippen molar-refractivity contribution in [2.24, 2.45) is 5.41 Å². The molecule has 0 saturated heterocycles. The van der Waals surface area contributed by atoms with Crippen LogP contribution in [0.4, 0.5) is 5.69 Å². The maximum Gasteiger partial charge on any atom is 0.310 e. The third-order valence-corrected chi connectivity index (χ3v) is 5.28. The van der Waals surface area contributed by atoms with Gasteiger partial charge in [0.15, 0.2) is 0 Å². The molecule has 6 heteroatoms. The molecule has 1 aliphatic carbocycles. The Kier molecular flexibility index (Phi) is 5.23. The number of amides is 2. The number of fused-ring (bicyclic) bond motifs is 1. The van der Waals surface area contributed by atoms with Crippen molar-refractivity contribution in [1.82, 2.24) is 4.90 Å². The van der Waals surface area contributed by atoms with E-state index in [1.165, 1.54) is 4.90 Å². The Labute approximate surface area is 164 Å². The molecule has 0 unspecified atom stereocenters. The van der Waals surface area contributed by atoms with E-state index in [4.69, 9.17) is 0 Å². The summed E-state index contributed by atoms with van der Waals surface area (Å²) in [4.78, 5) is 38.2. The number of carboxylic acid groups (broad SMARTS) is 1. The van der Waals surface area contributed by atoms with Crippen molar-refractivity contribution < 1.29 is 19.5 Å². The molecule has 2 N–H and O–H groups in total. The second-order valence-electron chi connectivity index (χ2n) is 7.66. The monoisotopic (exact) mass is 380 g/mol. The molecule has 28 heavy (non-hydrogen) atoms. The maximum atomic E-state index is 12.6. The standard InChI is InChI=1S/C22H24N2O4/c1-14-10-17(8-9-18(14)20(26)24(2)3)23-19(25)13-22(21(27)28)11-15-6-4-5-7-16(15)12-22/h4-10H,11-13H2,1-3H3,(H,23,25)(H,27,28). The zero-order valence-electron chi connectivity index (χ0n) is 16.3. The van der Waals surface area contributed by atoms with E-state index in [1.54, 1.807) is 39.2 Å². The van der Waals surface area contributed by atoms with Gasteiger partial charge in [-0.1, -0.05) is 24.3 Å². The number of carbonyl (C=O) groups excluding carboxylic acids is 2. The van der Waals surface area contributed by atoms with E-state index >= 15 is 0 Å². The van der Waals surface area contributed by atoms with Gasteiger partial charge in [-0.25, -0.2) is 0 Å². The van der Waals surface area contributed by atoms with Gasteiger partial charge in [0.2, 0.25) is 5.91 Å². The molecular weight excluding hydrogens is 356 g/mol. The average molecular weight is 380 g/mol. The predicted octanol–water partition coefficient (Wildman–Crippen LogP) is 2.90. The lowest BCUT2D eigenvalue weighted by atomic mass is 9.81. The Hall–Kier alpha value is -3.15. The lowest BCUT2D eigenvalue weighted by Crippen LogP contribution is -2.36. The number of nitrogens with zero attached hydrogens (tertiary/aromatic N) is 1. The van der Waals surface area contributed by atoms with Crippen molar-refractivity contribution in [1.29, 1.82) is 0 Å². The molecule has 0 fully saturated rings. The second kappa shape index (κ2) is 7.46. The van der Waals surface area contributed by atoms with Crippen LogP contribution in [0.1, 0.15) is 33.5 Å². The predicted molar refractivity (Wildman–Crippen MR) is 106 cm³/mol. The summed E-state index contributed by atoms with van der Waals surface area (Å²) < 4.78 is 0. The fourth-order valence-corrected chi connectivity index (χ4v) is 3.78. The number of carbonyl (C=O) groups is 3. The molecule has 0 spiro atoms. The fourth-order valence-electron chi connectivity index (χ4n) is 3.78. The summed E-state index contributed by atoms with van der Waals surface area (Å²) in [7, 11) is 3.37. The molecular formula is C22H24N2O4. The molecule has 2 aromatic carbocycles. The molecule has 0 aromatic heterocycles. The summed E-state index contributed by atoms with van der Waals surface area (Å²) in [6.45, 7) is 1.80. The first kappa shape index (κ1) is 19.6. The molecule has 1 aliphatic rings. The number of rotatable bonds is 5. The first-order valence-corrected chi connectivity index (χ1v) is 9.14. The molecule has 0 saturated carbocycles. The number of hydrogen-bond donors (Lipinski definition) is 2. The average Bonchev–Trinajstić information content (AvgIpc) is 3.00. The van der Waals surface area contributed by atoms with Gasteiger partial charge < -0.3 is 15.3 Å². The lowest BCUT2D eigenvalue weighted by Gasteiger charge is -2.23. The van der Waals surface area contributed by atoms with Crippen LogP contribution in [-0.4, -0.2) is 41.9 Å². The van der Waals surface area contributed by atoms with Crippen molar-refractivity contribution in [2.45, 2.75) is 26.2 Å². The zero-order valence-corrected chi connectivity index (χ0v) is 16.3. The summed E-state index contributed by atoms with van der Waals surface area (Å²) in [5, 5.41) is 12.6. The molecule has 0 radical (unpaired) electrons. The number of benzene rings is 2. The first-order valence-electron chi connectivity index (χ1n) is 9.14. The molecule has 146 valence electrons. The van der Waals surface area contributed by atoms with Gasteiger partial charge in [0, 0.05) is 31.8 Å². The third-order valence-electron chi connectivity index (χ3n) is 5.28. The summed E-state index contributed by atoms with van der Waals surface area (Å²) in [6, 6.07) is 12.7. The van der Waals surface area contributed by atoms with Gasteiger partial charge in [-0.05, 0) is 54.7 Å². The van der Waals surface area contributed by atoms with Gasteiger partial charge in [-0.15, -0.1) is 0 Å². The third kappa shape index (κ3) is 3.76. The normalized spacial score (nSPS) is 14.2. The van der Waals surface area contributed by atoms with Crippen molar-refractivity contribution >= 4 is 23.5 Å². The van der Waals surface area contributed by atoms with E-state index < -0.39 is 11.4 Å². The number of aliphatic carboxylic acids is 1. The van der Waals surface area contributed by atoms with Crippen LogP contribution >= 0.6 is 0 Å². The molecule has 2 amide bonds. The second-order valence-corrected chi connectivity index (χ2v) is 7.66. The van der Waals surface area contributed by atoms with Crippen molar-refractivity contribution in [3.05, 3.63) is 64.7 Å². The topological polar surface area (TPSA) is 86.7 Å². The van der Waals surface area contributed by atoms with Crippen LogP contribution < -0.4 is 5.32 Å². The highest BCUT2D eigenvalue weighted by molar-refractivity contribution is 5.98. The van der Waals surface area contributed by atoms with Gasteiger partial charge in [0.05, 0.1) is 5.41 Å². The molecule has 0 atom stereocenters. The van der Waals surface area contributed by atoms with E-state index in [1.807, 2.05) is 24.3 Å². The smallest absolute Gasteiger partial charge is 0.310 e. The van der Waals surface area contributed by atoms with Crippen LogP contribution in [0.5, 0.6) is 0 Å². The van der Waals surface area contributed by atoms with Crippen LogP contribution in [-0.2, 0) is 22.4 Å². The largest absolute Gasteiger partial charge is 0.481 e. The summed E-state index contributed by atoms with van der Waals surface area (Å²) in [5.41, 5.74) is 2.71. The first-order chi connectivity index (χ1) is 13.2. The van der Waals surface area contributed by atoms with Crippen molar-refractivity contribution in [3.8, 4) is 0 Å². The number of carboxylic acids is 1. The van der Waals surface area contributed by atoms with Gasteiger partial charge in [0.1, 0.15) is 0 Å². The Bertz CT molecular complexity index is 924. The van der Waals surface area contributed by atoms with Crippen molar-refractivity contribution in [3.63, 3.8) is 0 Å². The minimum Gasteiger partial charge on any atom is -0.481 e. The van der Waals surface area contributed by atoms with Crippen LogP contribution in [0.2, 0.25) is 0 Å². The Morgan fingerprint density at radius 3 is 2.18 bits per heavy atom. The molecule has 0 bridgehead atoms. The zero-order chi connectivity index (χ0) is 20.5. The highest BCUT2D eigenvalue weighted by Crippen LogP contribution is 2.40. The fraction of sp³-hybridized carbons (Fsp3) is 0.318. The summed E-state index contributed by atoms with van der Waals surface area (Å²) in [5.74, 6) is -1.41. The van der Waals surface area contributed by atoms with Gasteiger partial charge in [-0.3, -0.25) is 14.4 Å². The van der Waals surface area contributed by atoms with Crippen LogP contribution in [0.25, 0.3) is 0 Å². The maximum absolute atomic E-state index is 12.6. The van der Waals surface area contributed by atoms with Crippen LogP contribution in [0.15, 0.2) is 42.5 Å². The lowest BCUT2D eigenvalue weighted by molar-refractivity contribution is -0.150. The number of aryl methyl sites for hydroxylation is 1. The molecule has 2 aromatic rings. The van der Waals surface area contributed by atoms with E-state index in [9.17, 15) is 19.5 Å². The summed E-state index contributed by atoms with van der Waals surface area (Å²) in [6.07, 6.45) is 0.594. The van der Waals surface area contributed by atoms with E-state index in [2.05, 4.69) is 5.32 Å². The number of nitrogens with one attached hydrogen (secondary N) is 1. The Morgan fingerprint density at radius 1 is 1.07 bits per heavy atom. The van der Waals surface area contributed by atoms with E-state index in [0.717, 1.165) is 16.7 Å². The van der Waals surface area contributed by atoms with Gasteiger partial charge >= 0.3 is 5.97 Å². The highest BCUT2D eigenvalue weighted by Gasteiger charge is 2.45. The van der Waals surface area contributed by atoms with Crippen molar-refractivity contribution in [2.75, 3.05) is 19.4 Å². The Balaban J connectivity index is 1.74. The minimum absolute atomic E-state index is 0.103. The number of anilines is 1. The highest BCUT2D eigenvalue weighted by atomic mass is 16.4. The van der Waals surface area contributed by atoms with Gasteiger partial charge in [0.25, 0.3) is 5.91 Å². The quantitative estimate of drug-likeness (QED) is 0.835. The molecule has 3 rings (SSSR count).